The van der Waals surface area contributed by atoms with Gasteiger partial charge in [0.15, 0.2) is 0 Å². The standard InChI is InChI=1S/C15H22N2O2/c1-3-19-14-9-12(7-6-11(14)2)15(18)17-13-5-4-8-16-10-13/h6-7,9,13,16H,3-5,8,10H2,1-2H3,(H,17,18)/t13-/m0/s1. The van der Waals surface area contributed by atoms with Crippen molar-refractivity contribution < 1.29 is 9.53 Å². The summed E-state index contributed by atoms with van der Waals surface area (Å²) in [7, 11) is 0. The summed E-state index contributed by atoms with van der Waals surface area (Å²) in [5, 5.41) is 6.36. The van der Waals surface area contributed by atoms with Crippen molar-refractivity contribution in [2.75, 3.05) is 19.7 Å². The molecule has 2 N–H and O–H groups in total. The largest absolute Gasteiger partial charge is 0.494 e. The number of nitrogens with one attached hydrogen (secondary N) is 2. The maximum atomic E-state index is 12.2. The molecule has 0 bridgehead atoms. The second kappa shape index (κ2) is 6.57. The lowest BCUT2D eigenvalue weighted by molar-refractivity contribution is 0.0930. The number of hydrogen-bond acceptors (Lipinski definition) is 3. The predicted octanol–water partition coefficient (Wildman–Crippen LogP) is 1.88. The van der Waals surface area contributed by atoms with Crippen LogP contribution in [0.4, 0.5) is 0 Å². The molecule has 1 aliphatic heterocycles. The first-order valence-electron chi connectivity index (χ1n) is 6.95. The van der Waals surface area contributed by atoms with E-state index in [1.807, 2.05) is 32.0 Å². The Hall–Kier alpha value is -1.55. The summed E-state index contributed by atoms with van der Waals surface area (Å²) in [5.41, 5.74) is 1.72. The number of rotatable bonds is 4. The fourth-order valence-electron chi connectivity index (χ4n) is 2.30. The second-order valence-corrected chi connectivity index (χ2v) is 4.93. The van der Waals surface area contributed by atoms with Crippen molar-refractivity contribution in [2.45, 2.75) is 32.7 Å². The molecule has 1 aliphatic rings. The van der Waals surface area contributed by atoms with Gasteiger partial charge in [-0.15, -0.1) is 0 Å². The lowest BCUT2D eigenvalue weighted by Gasteiger charge is -2.24. The molecule has 2 rings (SSSR count). The van der Waals surface area contributed by atoms with Crippen molar-refractivity contribution in [3.05, 3.63) is 29.3 Å². The van der Waals surface area contributed by atoms with Gasteiger partial charge in [0.1, 0.15) is 5.75 Å². The van der Waals surface area contributed by atoms with Crippen LogP contribution < -0.4 is 15.4 Å². The molecule has 0 saturated carbocycles. The Morgan fingerprint density at radius 3 is 3.05 bits per heavy atom. The minimum Gasteiger partial charge on any atom is -0.494 e. The highest BCUT2D eigenvalue weighted by molar-refractivity contribution is 5.94. The minimum absolute atomic E-state index is 0.0188. The number of carbonyl (C=O) groups is 1. The maximum absolute atomic E-state index is 12.2. The van der Waals surface area contributed by atoms with Crippen LogP contribution in [-0.4, -0.2) is 31.6 Å². The van der Waals surface area contributed by atoms with E-state index in [1.165, 1.54) is 0 Å². The summed E-state index contributed by atoms with van der Waals surface area (Å²) in [6.07, 6.45) is 2.16. The quantitative estimate of drug-likeness (QED) is 0.871. The third kappa shape index (κ3) is 3.70. The molecule has 0 unspecified atom stereocenters. The monoisotopic (exact) mass is 262 g/mol. The number of ether oxygens (including phenoxy) is 1. The van der Waals surface area contributed by atoms with Crippen LogP contribution in [0.1, 0.15) is 35.7 Å². The van der Waals surface area contributed by atoms with Gasteiger partial charge in [-0.1, -0.05) is 6.07 Å². The summed E-state index contributed by atoms with van der Waals surface area (Å²) in [5.74, 6) is 0.770. The van der Waals surface area contributed by atoms with Crippen molar-refractivity contribution in [1.29, 1.82) is 0 Å². The molecule has 0 aliphatic carbocycles. The molecule has 0 radical (unpaired) electrons. The van der Waals surface area contributed by atoms with Gasteiger partial charge < -0.3 is 15.4 Å². The fraction of sp³-hybridized carbons (Fsp3) is 0.533. The summed E-state index contributed by atoms with van der Waals surface area (Å²) < 4.78 is 5.53. The number of amides is 1. The van der Waals surface area contributed by atoms with Gasteiger partial charge in [-0.05, 0) is 50.9 Å². The Kier molecular flexibility index (Phi) is 4.80. The Morgan fingerprint density at radius 1 is 1.53 bits per heavy atom. The van der Waals surface area contributed by atoms with Gasteiger partial charge in [0.2, 0.25) is 0 Å². The summed E-state index contributed by atoms with van der Waals surface area (Å²) in [6, 6.07) is 5.84. The Bertz CT molecular complexity index is 440. The van der Waals surface area contributed by atoms with Crippen molar-refractivity contribution >= 4 is 5.91 Å². The highest BCUT2D eigenvalue weighted by Gasteiger charge is 2.16. The lowest BCUT2D eigenvalue weighted by atomic mass is 10.1. The molecule has 1 saturated heterocycles. The highest BCUT2D eigenvalue weighted by atomic mass is 16.5. The Morgan fingerprint density at radius 2 is 2.37 bits per heavy atom. The number of aryl methyl sites for hydroxylation is 1. The van der Waals surface area contributed by atoms with Gasteiger partial charge in [-0.2, -0.15) is 0 Å². The molecule has 0 aromatic heterocycles. The van der Waals surface area contributed by atoms with Crippen LogP contribution in [0.2, 0.25) is 0 Å². The van der Waals surface area contributed by atoms with E-state index in [1.54, 1.807) is 0 Å². The minimum atomic E-state index is -0.0188. The van der Waals surface area contributed by atoms with Gasteiger partial charge in [-0.3, -0.25) is 4.79 Å². The average Bonchev–Trinajstić information content (AvgIpc) is 2.42. The second-order valence-electron chi connectivity index (χ2n) is 4.93. The van der Waals surface area contributed by atoms with Gasteiger partial charge in [0.05, 0.1) is 6.61 Å². The van der Waals surface area contributed by atoms with Crippen LogP contribution in [0, 0.1) is 6.92 Å². The van der Waals surface area contributed by atoms with Gasteiger partial charge >= 0.3 is 0 Å². The summed E-state index contributed by atoms with van der Waals surface area (Å²) in [6.45, 7) is 6.44. The van der Waals surface area contributed by atoms with Crippen molar-refractivity contribution in [3.8, 4) is 5.75 Å². The van der Waals surface area contributed by atoms with E-state index in [2.05, 4.69) is 10.6 Å². The van der Waals surface area contributed by atoms with E-state index in [9.17, 15) is 4.79 Å². The summed E-state index contributed by atoms with van der Waals surface area (Å²) in [4.78, 5) is 12.2. The topological polar surface area (TPSA) is 50.4 Å². The van der Waals surface area contributed by atoms with Crippen molar-refractivity contribution in [3.63, 3.8) is 0 Å². The van der Waals surface area contributed by atoms with Crippen LogP contribution in [0.25, 0.3) is 0 Å². The first-order valence-corrected chi connectivity index (χ1v) is 6.95. The Labute approximate surface area is 114 Å². The van der Waals surface area contributed by atoms with Crippen LogP contribution in [0.15, 0.2) is 18.2 Å². The van der Waals surface area contributed by atoms with E-state index >= 15 is 0 Å². The average molecular weight is 262 g/mol. The maximum Gasteiger partial charge on any atom is 0.251 e. The molecule has 4 nitrogen and oxygen atoms in total. The lowest BCUT2D eigenvalue weighted by Crippen LogP contribution is -2.45. The number of carbonyl (C=O) groups excluding carboxylic acids is 1. The van der Waals surface area contributed by atoms with Gasteiger partial charge in [0, 0.05) is 18.2 Å². The van der Waals surface area contributed by atoms with Crippen LogP contribution in [0.5, 0.6) is 5.75 Å². The molecule has 4 heteroatoms. The van der Waals surface area contributed by atoms with Crippen LogP contribution in [0.3, 0.4) is 0 Å². The number of hydrogen-bond donors (Lipinski definition) is 2. The van der Waals surface area contributed by atoms with E-state index in [0.717, 1.165) is 37.2 Å². The van der Waals surface area contributed by atoms with Crippen LogP contribution >= 0.6 is 0 Å². The third-order valence-electron chi connectivity index (χ3n) is 3.38. The molecule has 1 amide bonds. The zero-order valence-corrected chi connectivity index (χ0v) is 11.7. The molecule has 19 heavy (non-hydrogen) atoms. The molecule has 1 aromatic carbocycles. The number of piperidine rings is 1. The van der Waals surface area contributed by atoms with Gasteiger partial charge in [-0.25, -0.2) is 0 Å². The molecular weight excluding hydrogens is 240 g/mol. The highest BCUT2D eigenvalue weighted by Crippen LogP contribution is 2.19. The number of benzene rings is 1. The van der Waals surface area contributed by atoms with E-state index in [4.69, 9.17) is 4.74 Å². The van der Waals surface area contributed by atoms with E-state index in [-0.39, 0.29) is 11.9 Å². The summed E-state index contributed by atoms with van der Waals surface area (Å²) >= 11 is 0. The smallest absolute Gasteiger partial charge is 0.251 e. The van der Waals surface area contributed by atoms with Crippen molar-refractivity contribution in [1.82, 2.24) is 10.6 Å². The first kappa shape index (κ1) is 13.9. The molecule has 1 atom stereocenters. The third-order valence-corrected chi connectivity index (χ3v) is 3.38. The molecular formula is C15H22N2O2. The molecule has 1 aromatic rings. The SMILES string of the molecule is CCOc1cc(C(=O)N[C@H]2CCCNC2)ccc1C. The van der Waals surface area contributed by atoms with E-state index < -0.39 is 0 Å². The fourth-order valence-corrected chi connectivity index (χ4v) is 2.30. The van der Waals surface area contributed by atoms with Crippen LogP contribution in [-0.2, 0) is 0 Å². The van der Waals surface area contributed by atoms with E-state index in [0.29, 0.717) is 12.2 Å². The van der Waals surface area contributed by atoms with Gasteiger partial charge in [0.25, 0.3) is 5.91 Å². The molecule has 0 spiro atoms. The molecule has 1 heterocycles. The zero-order valence-electron chi connectivity index (χ0n) is 11.7. The normalized spacial score (nSPS) is 18.9. The predicted molar refractivity (Wildman–Crippen MR) is 75.7 cm³/mol. The Balaban J connectivity index is 2.03. The first-order chi connectivity index (χ1) is 9.20. The molecule has 1 fully saturated rings. The zero-order chi connectivity index (χ0) is 13.7. The van der Waals surface area contributed by atoms with Crippen molar-refractivity contribution in [2.24, 2.45) is 0 Å². The molecule has 104 valence electrons.